The number of aromatic nitrogens is 2. The van der Waals surface area contributed by atoms with E-state index < -0.39 is 5.41 Å². The summed E-state index contributed by atoms with van der Waals surface area (Å²) in [4.78, 5) is 12.9. The van der Waals surface area contributed by atoms with E-state index in [1.165, 1.54) is 50.3 Å². The van der Waals surface area contributed by atoms with Gasteiger partial charge in [-0.2, -0.15) is 0 Å². The highest BCUT2D eigenvalue weighted by atomic mass is 15.2. The van der Waals surface area contributed by atoms with Gasteiger partial charge < -0.3 is 10.6 Å². The molecule has 2 N–H and O–H groups in total. The van der Waals surface area contributed by atoms with Gasteiger partial charge in [0, 0.05) is 28.1 Å². The van der Waals surface area contributed by atoms with E-state index in [2.05, 4.69) is 211 Å². The molecule has 0 radical (unpaired) electrons. The molecule has 1 spiro atoms. The van der Waals surface area contributed by atoms with Gasteiger partial charge in [-0.05, 0) is 110 Å². The molecule has 2 heterocycles. The summed E-state index contributed by atoms with van der Waals surface area (Å²) in [6, 6.07) is 82.3. The van der Waals surface area contributed by atoms with Crippen molar-refractivity contribution < 1.29 is 0 Å². The molecular weight excluding hydrogens is 765 g/mol. The predicted molar refractivity (Wildman–Crippen MR) is 259 cm³/mol. The number of fused-ring (bicyclic) bond motifs is 9. The lowest BCUT2D eigenvalue weighted by Gasteiger charge is -2.45. The van der Waals surface area contributed by atoms with E-state index in [0.717, 1.165) is 56.1 Å². The van der Waals surface area contributed by atoms with Crippen LogP contribution < -0.4 is 10.6 Å². The molecule has 1 aromatic heterocycles. The van der Waals surface area contributed by atoms with Crippen molar-refractivity contribution in [3.05, 3.63) is 253 Å². The van der Waals surface area contributed by atoms with Gasteiger partial charge in [0.15, 0.2) is 5.82 Å². The molecule has 9 aromatic carbocycles. The lowest BCUT2D eigenvalue weighted by Crippen LogP contribution is -2.36. The molecule has 12 rings (SSSR count). The summed E-state index contributed by atoms with van der Waals surface area (Å²) in [5, 5.41) is 0. The van der Waals surface area contributed by atoms with Crippen LogP contribution in [-0.4, -0.2) is 9.97 Å². The van der Waals surface area contributed by atoms with Crippen LogP contribution in [0.15, 0.2) is 231 Å². The Morgan fingerprint density at radius 3 is 1.57 bits per heavy atom. The van der Waals surface area contributed by atoms with Crippen molar-refractivity contribution in [3.8, 4) is 67.3 Å². The number of anilines is 4. The van der Waals surface area contributed by atoms with Crippen LogP contribution in [0, 0.1) is 0 Å². The van der Waals surface area contributed by atoms with Crippen molar-refractivity contribution in [3.63, 3.8) is 0 Å². The van der Waals surface area contributed by atoms with Gasteiger partial charge in [0.2, 0.25) is 0 Å². The first kappa shape index (κ1) is 36.5. The van der Waals surface area contributed by atoms with E-state index in [0.29, 0.717) is 5.82 Å². The summed E-state index contributed by atoms with van der Waals surface area (Å²) in [6.45, 7) is 0. The first-order chi connectivity index (χ1) is 31.1. The van der Waals surface area contributed by atoms with E-state index >= 15 is 0 Å². The molecule has 0 unspecified atom stereocenters. The second kappa shape index (κ2) is 14.7. The Balaban J connectivity index is 1.04. The molecule has 4 nitrogen and oxygen atoms in total. The van der Waals surface area contributed by atoms with E-state index in [9.17, 15) is 0 Å². The van der Waals surface area contributed by atoms with Crippen LogP contribution in [0.3, 0.4) is 0 Å². The van der Waals surface area contributed by atoms with Crippen LogP contribution in [0.1, 0.15) is 22.3 Å². The van der Waals surface area contributed by atoms with Gasteiger partial charge in [0.1, 0.15) is 0 Å². The topological polar surface area (TPSA) is 55.0 Å². The molecular formula is C59H40N4. The molecule has 0 bridgehead atoms. The Bertz CT molecular complexity index is 3330. The minimum atomic E-state index is -0.538. The maximum atomic E-state index is 6.19. The minimum absolute atomic E-state index is 0.538. The van der Waals surface area contributed by atoms with Gasteiger partial charge >= 0.3 is 0 Å². The molecule has 1 aliphatic heterocycles. The molecule has 4 heteroatoms. The number of para-hydroxylation sites is 3. The fourth-order valence-corrected chi connectivity index (χ4v) is 10.1. The fraction of sp³-hybridized carbons (Fsp3) is 0.0169. The van der Waals surface area contributed by atoms with Gasteiger partial charge in [-0.1, -0.05) is 176 Å². The molecule has 0 saturated carbocycles. The summed E-state index contributed by atoms with van der Waals surface area (Å²) in [5.74, 6) is 0.665. The van der Waals surface area contributed by atoms with Crippen molar-refractivity contribution in [2.24, 2.45) is 0 Å². The standard InChI is InChI=1S/C59H40N4/c60-45-24-15-20-41(37-45)40-19-13-23-44(35-40)58-61-53(39-17-3-1-4-18-39)38-54(62-58)43-22-14-21-42(36-43)47-28-16-32-52-57(47)48-27-7-8-29-49(48)59(52)50-30-9-11-33-55(50)63(46-25-5-2-6-26-46)56-34-12-10-31-51(56)59/h1-38H,60H2. The maximum Gasteiger partial charge on any atom is 0.160 e. The monoisotopic (exact) mass is 804 g/mol. The van der Waals surface area contributed by atoms with E-state index in [1.54, 1.807) is 0 Å². The Morgan fingerprint density at radius 1 is 0.349 bits per heavy atom. The Morgan fingerprint density at radius 2 is 0.841 bits per heavy atom. The van der Waals surface area contributed by atoms with Gasteiger partial charge in [-0.25, -0.2) is 9.97 Å². The first-order valence-corrected chi connectivity index (χ1v) is 21.4. The molecule has 63 heavy (non-hydrogen) atoms. The Hall–Kier alpha value is -8.34. The largest absolute Gasteiger partial charge is 0.399 e. The van der Waals surface area contributed by atoms with Crippen molar-refractivity contribution in [1.29, 1.82) is 0 Å². The van der Waals surface area contributed by atoms with E-state index in [4.69, 9.17) is 15.7 Å². The highest BCUT2D eigenvalue weighted by Gasteiger charge is 2.52. The lowest BCUT2D eigenvalue weighted by atomic mass is 9.64. The van der Waals surface area contributed by atoms with Crippen molar-refractivity contribution in [2.45, 2.75) is 5.41 Å². The normalized spacial score (nSPS) is 12.9. The summed E-state index contributed by atoms with van der Waals surface area (Å²) < 4.78 is 0. The number of nitrogens with zero attached hydrogens (tertiary/aromatic N) is 3. The summed E-state index contributed by atoms with van der Waals surface area (Å²) in [5.41, 5.74) is 26.7. The summed E-state index contributed by atoms with van der Waals surface area (Å²) in [6.07, 6.45) is 0. The van der Waals surface area contributed by atoms with Crippen molar-refractivity contribution >= 4 is 22.7 Å². The summed E-state index contributed by atoms with van der Waals surface area (Å²) >= 11 is 0. The van der Waals surface area contributed by atoms with Crippen LogP contribution in [0.4, 0.5) is 22.7 Å². The number of hydrogen-bond acceptors (Lipinski definition) is 4. The fourth-order valence-electron chi connectivity index (χ4n) is 10.1. The Kier molecular flexibility index (Phi) is 8.51. The number of rotatable bonds is 6. The smallest absolute Gasteiger partial charge is 0.160 e. The van der Waals surface area contributed by atoms with Crippen molar-refractivity contribution in [1.82, 2.24) is 9.97 Å². The van der Waals surface area contributed by atoms with E-state index in [-0.39, 0.29) is 0 Å². The van der Waals surface area contributed by atoms with E-state index in [1.807, 2.05) is 24.3 Å². The molecule has 10 aromatic rings. The summed E-state index contributed by atoms with van der Waals surface area (Å²) in [7, 11) is 0. The SMILES string of the molecule is Nc1cccc(-c2cccc(-c3nc(-c4ccccc4)cc(-c4cccc(-c5cccc6c5-c5ccccc5C65c6ccccc6N(c6ccccc6)c6ccccc65)c4)n3)c2)c1. The molecule has 296 valence electrons. The van der Waals surface area contributed by atoms with Gasteiger partial charge in [0.25, 0.3) is 0 Å². The second-order valence-corrected chi connectivity index (χ2v) is 16.3. The maximum absolute atomic E-state index is 6.19. The minimum Gasteiger partial charge on any atom is -0.399 e. The second-order valence-electron chi connectivity index (χ2n) is 16.3. The molecule has 1 aliphatic carbocycles. The predicted octanol–water partition coefficient (Wildman–Crippen LogP) is 14.5. The number of hydrogen-bond donors (Lipinski definition) is 1. The molecule has 2 aliphatic rings. The third-order valence-electron chi connectivity index (χ3n) is 12.8. The third-order valence-corrected chi connectivity index (χ3v) is 12.8. The average Bonchev–Trinajstić information content (AvgIpc) is 3.65. The quantitative estimate of drug-likeness (QED) is 0.170. The zero-order valence-corrected chi connectivity index (χ0v) is 34.4. The van der Waals surface area contributed by atoms with Crippen molar-refractivity contribution in [2.75, 3.05) is 10.6 Å². The zero-order valence-electron chi connectivity index (χ0n) is 34.4. The number of nitrogen functional groups attached to an aromatic ring is 1. The zero-order chi connectivity index (χ0) is 41.9. The molecule has 0 saturated heterocycles. The van der Waals surface area contributed by atoms with Crippen LogP contribution >= 0.6 is 0 Å². The number of nitrogens with two attached hydrogens (primary N) is 1. The van der Waals surface area contributed by atoms with Gasteiger partial charge in [-0.3, -0.25) is 0 Å². The van der Waals surface area contributed by atoms with Gasteiger partial charge in [0.05, 0.1) is 28.2 Å². The number of benzene rings is 9. The average molecular weight is 805 g/mol. The third kappa shape index (κ3) is 5.84. The molecule has 0 atom stereocenters. The molecule has 0 fully saturated rings. The molecule has 0 amide bonds. The van der Waals surface area contributed by atoms with Gasteiger partial charge in [-0.15, -0.1) is 0 Å². The highest BCUT2D eigenvalue weighted by molar-refractivity contribution is 6.00. The Labute approximate surface area is 367 Å². The lowest BCUT2D eigenvalue weighted by molar-refractivity contribution is 0.753. The van der Waals surface area contributed by atoms with Crippen LogP contribution in [0.25, 0.3) is 67.3 Å². The van der Waals surface area contributed by atoms with Crippen LogP contribution in [0.5, 0.6) is 0 Å². The van der Waals surface area contributed by atoms with Crippen LogP contribution in [0.2, 0.25) is 0 Å². The highest BCUT2D eigenvalue weighted by Crippen LogP contribution is 2.64. The first-order valence-electron chi connectivity index (χ1n) is 21.4. The van der Waals surface area contributed by atoms with Crippen LogP contribution in [-0.2, 0) is 5.41 Å².